The van der Waals surface area contributed by atoms with Crippen molar-refractivity contribution < 1.29 is 18.3 Å². The topological polar surface area (TPSA) is 95.0 Å². The fourth-order valence-electron chi connectivity index (χ4n) is 2.00. The molecule has 0 unspecified atom stereocenters. The second-order valence-corrected chi connectivity index (χ2v) is 5.89. The first-order valence-corrected chi connectivity index (χ1v) is 8.13. The van der Waals surface area contributed by atoms with E-state index in [1.54, 1.807) is 13.2 Å². The van der Waals surface area contributed by atoms with Crippen LogP contribution in [0.5, 0.6) is 6.01 Å². The molecule has 0 saturated carbocycles. The fourth-order valence-corrected chi connectivity index (χ4v) is 2.28. The molecule has 10 heteroatoms. The molecule has 1 aromatic heterocycles. The zero-order valence-corrected chi connectivity index (χ0v) is 15.5. The second kappa shape index (κ2) is 9.33. The van der Waals surface area contributed by atoms with E-state index in [1.807, 2.05) is 0 Å². The van der Waals surface area contributed by atoms with Gasteiger partial charge in [-0.05, 0) is 24.3 Å². The summed E-state index contributed by atoms with van der Waals surface area (Å²) in [6.45, 7) is 1.03. The first kappa shape index (κ1) is 20.7. The number of hydrogen-bond donors (Lipinski definition) is 1. The highest BCUT2D eigenvalue weighted by Crippen LogP contribution is 2.35. The highest BCUT2D eigenvalue weighted by molar-refractivity contribution is 6.32. The van der Waals surface area contributed by atoms with Crippen LogP contribution in [0, 0.1) is 0 Å². The van der Waals surface area contributed by atoms with Crippen molar-refractivity contribution in [2.45, 2.75) is 19.5 Å². The number of ether oxygens (including phenoxy) is 2. The Hall–Kier alpha value is -2.65. The van der Waals surface area contributed by atoms with Gasteiger partial charge in [-0.25, -0.2) is 13.8 Å². The maximum atomic E-state index is 13.5. The summed E-state index contributed by atoms with van der Waals surface area (Å²) in [7, 11) is 1.55. The van der Waals surface area contributed by atoms with Crippen molar-refractivity contribution in [3.63, 3.8) is 0 Å². The largest absolute Gasteiger partial charge is 0.457 e. The number of nitrogens with two attached hydrogens (primary N) is 1. The predicted molar refractivity (Wildman–Crippen MR) is 99.0 cm³/mol. The van der Waals surface area contributed by atoms with Crippen molar-refractivity contribution in [1.82, 2.24) is 9.97 Å². The third kappa shape index (κ3) is 6.22. The van der Waals surface area contributed by atoms with Crippen molar-refractivity contribution in [3.8, 4) is 6.01 Å². The first-order valence-electron chi connectivity index (χ1n) is 7.76. The van der Waals surface area contributed by atoms with E-state index in [1.165, 1.54) is 30.6 Å². The minimum Gasteiger partial charge on any atom is -0.457 e. The molecule has 0 spiro atoms. The summed E-state index contributed by atoms with van der Waals surface area (Å²) >= 11 is 5.81. The van der Waals surface area contributed by atoms with E-state index in [2.05, 4.69) is 20.1 Å². The van der Waals surface area contributed by atoms with Gasteiger partial charge in [-0.1, -0.05) is 11.6 Å². The van der Waals surface area contributed by atoms with Gasteiger partial charge in [0.2, 0.25) is 0 Å². The molecule has 2 N–H and O–H groups in total. The molecule has 1 heterocycles. The molecule has 0 aliphatic rings. The lowest BCUT2D eigenvalue weighted by atomic mass is 10.1. The van der Waals surface area contributed by atoms with E-state index in [9.17, 15) is 8.78 Å². The van der Waals surface area contributed by atoms with Crippen molar-refractivity contribution >= 4 is 29.2 Å². The highest BCUT2D eigenvalue weighted by atomic mass is 35.5. The van der Waals surface area contributed by atoms with Gasteiger partial charge in [0.25, 0.3) is 5.92 Å². The number of halogens is 3. The molecule has 2 rings (SSSR count). The van der Waals surface area contributed by atoms with E-state index >= 15 is 0 Å². The van der Waals surface area contributed by atoms with Gasteiger partial charge in [-0.2, -0.15) is 10.1 Å². The van der Waals surface area contributed by atoms with Gasteiger partial charge in [0.15, 0.2) is 0 Å². The van der Waals surface area contributed by atoms with E-state index in [-0.39, 0.29) is 34.6 Å². The quantitative estimate of drug-likeness (QED) is 0.418. The maximum absolute atomic E-state index is 13.5. The van der Waals surface area contributed by atoms with Gasteiger partial charge < -0.3 is 15.3 Å². The number of hydrazone groups is 1. The number of benzene rings is 1. The average Bonchev–Trinajstić information content (AvgIpc) is 2.63. The molecule has 7 nitrogen and oxygen atoms in total. The predicted octanol–water partition coefficient (Wildman–Crippen LogP) is 3.48. The molecule has 144 valence electrons. The molecule has 0 aliphatic heterocycles. The number of aromatic nitrogens is 2. The Morgan fingerprint density at radius 1 is 1.37 bits per heavy atom. The average molecular weight is 398 g/mol. The van der Waals surface area contributed by atoms with Gasteiger partial charge in [0, 0.05) is 30.8 Å². The molecule has 2 aromatic rings. The molecule has 0 bridgehead atoms. The van der Waals surface area contributed by atoms with Crippen LogP contribution in [0.3, 0.4) is 0 Å². The molecule has 27 heavy (non-hydrogen) atoms. The lowest BCUT2D eigenvalue weighted by Crippen LogP contribution is -2.16. The summed E-state index contributed by atoms with van der Waals surface area (Å²) in [5.74, 6) is 2.23. The number of methoxy groups -OCH3 is 1. The molecule has 0 amide bonds. The third-order valence-electron chi connectivity index (χ3n) is 3.28. The Bertz CT molecular complexity index is 840. The first-order chi connectivity index (χ1) is 12.8. The molecular weight excluding hydrogens is 380 g/mol. The lowest BCUT2D eigenvalue weighted by molar-refractivity contribution is 0.0176. The fraction of sp³-hybridized carbons (Fsp3) is 0.294. The number of aliphatic imine (C=N–C) groups is 1. The smallest absolute Gasteiger partial charge is 0.317 e. The summed E-state index contributed by atoms with van der Waals surface area (Å²) < 4.78 is 37.5. The molecule has 0 fully saturated rings. The monoisotopic (exact) mass is 397 g/mol. The Labute approximate surface area is 159 Å². The zero-order valence-electron chi connectivity index (χ0n) is 14.7. The normalized spacial score (nSPS) is 12.6. The van der Waals surface area contributed by atoms with Crippen LogP contribution in [0.1, 0.15) is 18.2 Å². The van der Waals surface area contributed by atoms with E-state index < -0.39 is 5.92 Å². The van der Waals surface area contributed by atoms with Crippen LogP contribution >= 0.6 is 11.6 Å². The van der Waals surface area contributed by atoms with Crippen LogP contribution in [-0.2, 0) is 17.3 Å². The molecule has 0 atom stereocenters. The molecular formula is C17H18ClF2N5O2. The summed E-state index contributed by atoms with van der Waals surface area (Å²) in [4.78, 5) is 12.2. The van der Waals surface area contributed by atoms with Crippen LogP contribution in [0.2, 0.25) is 5.02 Å². The minimum absolute atomic E-state index is 0.0365. The zero-order chi connectivity index (χ0) is 19.9. The lowest BCUT2D eigenvalue weighted by Gasteiger charge is -2.12. The number of alkyl halides is 2. The van der Waals surface area contributed by atoms with Crippen LogP contribution in [0.15, 0.2) is 40.6 Å². The highest BCUT2D eigenvalue weighted by Gasteiger charge is 2.27. The van der Waals surface area contributed by atoms with Gasteiger partial charge in [-0.3, -0.25) is 4.99 Å². The van der Waals surface area contributed by atoms with E-state index in [0.717, 1.165) is 6.92 Å². The standard InChI is InChI=1S/C17H18ClF2N5O2/c1-17(19,20)14-7-11(3-4-15(14)18)23-8-13(25-21)10-27-16-22-6-5-12(24-16)9-26-2/h3-8H,9-10,21H2,1-2H3. The molecule has 0 radical (unpaired) electrons. The Balaban J connectivity index is 2.06. The van der Waals surface area contributed by atoms with Crippen LogP contribution in [-0.4, -0.2) is 35.6 Å². The molecule has 1 aromatic carbocycles. The summed E-state index contributed by atoms with van der Waals surface area (Å²) in [5, 5.41) is 3.52. The van der Waals surface area contributed by atoms with Crippen molar-refractivity contribution in [1.29, 1.82) is 0 Å². The van der Waals surface area contributed by atoms with Crippen LogP contribution < -0.4 is 10.6 Å². The Morgan fingerprint density at radius 2 is 2.15 bits per heavy atom. The van der Waals surface area contributed by atoms with Crippen molar-refractivity contribution in [3.05, 3.63) is 46.7 Å². The Kier molecular flexibility index (Phi) is 7.14. The van der Waals surface area contributed by atoms with Crippen molar-refractivity contribution in [2.24, 2.45) is 15.9 Å². The van der Waals surface area contributed by atoms with Crippen molar-refractivity contribution in [2.75, 3.05) is 13.7 Å². The van der Waals surface area contributed by atoms with Gasteiger partial charge in [-0.15, -0.1) is 0 Å². The molecule has 0 aliphatic carbocycles. The SMILES string of the molecule is COCc1ccnc(OCC(C=Nc2ccc(Cl)c(C(C)(F)F)c2)=NN)n1. The summed E-state index contributed by atoms with van der Waals surface area (Å²) in [6.07, 6.45) is 2.84. The van der Waals surface area contributed by atoms with E-state index in [4.69, 9.17) is 26.9 Å². The van der Waals surface area contributed by atoms with Gasteiger partial charge in [0.05, 0.1) is 24.2 Å². The number of rotatable bonds is 8. The van der Waals surface area contributed by atoms with Crippen LogP contribution in [0.4, 0.5) is 14.5 Å². The maximum Gasteiger partial charge on any atom is 0.317 e. The number of hydrogen-bond acceptors (Lipinski definition) is 7. The molecule has 0 saturated heterocycles. The van der Waals surface area contributed by atoms with Gasteiger partial charge >= 0.3 is 6.01 Å². The summed E-state index contributed by atoms with van der Waals surface area (Å²) in [5.41, 5.74) is 0.868. The summed E-state index contributed by atoms with van der Waals surface area (Å²) in [6, 6.07) is 5.87. The van der Waals surface area contributed by atoms with Crippen LogP contribution in [0.25, 0.3) is 0 Å². The van der Waals surface area contributed by atoms with E-state index in [0.29, 0.717) is 12.3 Å². The third-order valence-corrected chi connectivity index (χ3v) is 3.61. The minimum atomic E-state index is -3.08. The second-order valence-electron chi connectivity index (χ2n) is 5.48. The Morgan fingerprint density at radius 3 is 2.81 bits per heavy atom. The number of nitrogens with zero attached hydrogens (tertiary/aromatic N) is 4. The van der Waals surface area contributed by atoms with Gasteiger partial charge in [0.1, 0.15) is 12.3 Å².